The van der Waals surface area contributed by atoms with Gasteiger partial charge in [0, 0.05) is 12.7 Å². The van der Waals surface area contributed by atoms with Gasteiger partial charge in [-0.15, -0.1) is 0 Å². The fraction of sp³-hybridized carbons (Fsp3) is 0.440. The number of alkyl halides is 1. The molecule has 0 saturated carbocycles. The van der Waals surface area contributed by atoms with Gasteiger partial charge in [0.2, 0.25) is 5.88 Å². The van der Waals surface area contributed by atoms with Gasteiger partial charge in [0.25, 0.3) is 14.2 Å². The fourth-order valence-corrected chi connectivity index (χ4v) is 4.98. The van der Waals surface area contributed by atoms with Crippen molar-refractivity contribution in [3.63, 3.8) is 0 Å². The first-order valence-electron chi connectivity index (χ1n) is 11.9. The second-order valence-electron chi connectivity index (χ2n) is 10.7. The fourth-order valence-electron chi connectivity index (χ4n) is 4.04. The van der Waals surface area contributed by atoms with Crippen LogP contribution in [0.1, 0.15) is 43.2 Å². The van der Waals surface area contributed by atoms with Gasteiger partial charge in [-0.3, -0.25) is 9.69 Å². The maximum absolute atomic E-state index is 13.5. The van der Waals surface area contributed by atoms with E-state index in [9.17, 15) is 9.18 Å². The minimum absolute atomic E-state index is 0.0470. The quantitative estimate of drug-likeness (QED) is 0.476. The normalized spacial score (nSPS) is 18.3. The molecule has 1 atom stereocenters. The van der Waals surface area contributed by atoms with Crippen LogP contribution in [0, 0.1) is 0 Å². The average Bonchev–Trinajstić information content (AvgIpc) is 3.49. The van der Waals surface area contributed by atoms with Gasteiger partial charge in [0.05, 0.1) is 36.2 Å². The van der Waals surface area contributed by atoms with Crippen LogP contribution >= 0.6 is 0 Å². The highest BCUT2D eigenvalue weighted by atomic mass is 28.4. The number of amides is 1. The molecule has 35 heavy (non-hydrogen) atoms. The molecular formula is C25H31FN6O2Si. The lowest BCUT2D eigenvalue weighted by Crippen LogP contribution is -2.44. The van der Waals surface area contributed by atoms with Crippen molar-refractivity contribution in [3.05, 3.63) is 54.0 Å². The topological polar surface area (TPSA) is 76.4 Å². The molecule has 0 spiro atoms. The summed E-state index contributed by atoms with van der Waals surface area (Å²) in [5.74, 6) is 1.71. The van der Waals surface area contributed by atoms with Crippen LogP contribution in [0.3, 0.4) is 0 Å². The maximum Gasteiger partial charge on any atom is 0.263 e. The van der Waals surface area contributed by atoms with Crippen molar-refractivity contribution in [2.75, 3.05) is 22.9 Å². The Balaban J connectivity index is 1.32. The molecule has 2 aliphatic heterocycles. The molecule has 2 aliphatic rings. The molecule has 0 radical (unpaired) electrons. The third kappa shape index (κ3) is 4.42. The van der Waals surface area contributed by atoms with Gasteiger partial charge < -0.3 is 9.33 Å². The van der Waals surface area contributed by atoms with Crippen molar-refractivity contribution in [1.82, 2.24) is 19.7 Å². The first-order chi connectivity index (χ1) is 16.5. The van der Waals surface area contributed by atoms with Crippen LogP contribution in [0.15, 0.2) is 42.7 Å². The van der Waals surface area contributed by atoms with Gasteiger partial charge in [0.1, 0.15) is 17.8 Å². The van der Waals surface area contributed by atoms with Gasteiger partial charge in [-0.05, 0) is 48.8 Å². The van der Waals surface area contributed by atoms with Crippen LogP contribution in [-0.4, -0.2) is 53.2 Å². The molecule has 10 heteroatoms. The number of carbonyl (C=O) groups is 1. The van der Waals surface area contributed by atoms with Crippen molar-refractivity contribution in [2.45, 2.75) is 58.0 Å². The summed E-state index contributed by atoms with van der Waals surface area (Å²) < 4.78 is 21.5. The largest absolute Gasteiger partial charge is 0.531 e. The van der Waals surface area contributed by atoms with E-state index in [1.807, 2.05) is 35.2 Å². The number of pyridine rings is 2. The molecule has 3 aromatic heterocycles. The Morgan fingerprint density at radius 1 is 1.14 bits per heavy atom. The molecule has 1 fully saturated rings. The number of nitrogens with zero attached hydrogens (tertiary/aromatic N) is 6. The number of hydrogen-bond acceptors (Lipinski definition) is 6. The van der Waals surface area contributed by atoms with Crippen LogP contribution in [-0.2, 0) is 6.54 Å². The highest BCUT2D eigenvalue weighted by Crippen LogP contribution is 2.37. The molecule has 8 nitrogen and oxygen atoms in total. The first-order valence-corrected chi connectivity index (χ1v) is 14.8. The summed E-state index contributed by atoms with van der Waals surface area (Å²) in [5.41, 5.74) is 1.99. The molecule has 184 valence electrons. The summed E-state index contributed by atoms with van der Waals surface area (Å²) >= 11 is 0. The lowest BCUT2D eigenvalue weighted by molar-refractivity contribution is 0.0995. The van der Waals surface area contributed by atoms with Gasteiger partial charge >= 0.3 is 0 Å². The molecule has 0 bridgehead atoms. The van der Waals surface area contributed by atoms with Crippen molar-refractivity contribution >= 4 is 25.9 Å². The third-order valence-corrected chi connectivity index (χ3v) is 11.5. The molecule has 5 rings (SSSR count). The SMILES string of the molecule is CC(C)(C)[Si](C)(C)Oc1cccc(N2Cc3nn(-c4ccc(N5CC[C@H](F)C5)nc4)cc3C2=O)n1. The minimum atomic E-state index is -2.05. The van der Waals surface area contributed by atoms with E-state index in [0.717, 1.165) is 11.5 Å². The summed E-state index contributed by atoms with van der Waals surface area (Å²) in [4.78, 5) is 25.9. The van der Waals surface area contributed by atoms with Crippen molar-refractivity contribution in [1.29, 1.82) is 0 Å². The van der Waals surface area contributed by atoms with Crippen molar-refractivity contribution in [2.24, 2.45) is 0 Å². The lowest BCUT2D eigenvalue weighted by atomic mass is 10.2. The van der Waals surface area contributed by atoms with Gasteiger partial charge in [-0.25, -0.2) is 14.1 Å². The Hall–Kier alpha value is -3.27. The Labute approximate surface area is 205 Å². The Morgan fingerprint density at radius 2 is 1.94 bits per heavy atom. The number of halogens is 1. The molecule has 0 unspecified atom stereocenters. The highest BCUT2D eigenvalue weighted by Gasteiger charge is 2.40. The van der Waals surface area contributed by atoms with Crippen LogP contribution in [0.5, 0.6) is 5.88 Å². The van der Waals surface area contributed by atoms with E-state index in [-0.39, 0.29) is 10.9 Å². The standard InChI is InChI=1S/C25H31FN6O2Si/c1-25(2,3)35(4,5)34-23-8-6-7-22(28-23)31-16-20-19(24(31)33)15-32(29-20)18-9-10-21(27-13-18)30-12-11-17(26)14-30/h6-10,13,15,17H,11-12,14,16H2,1-5H3/t17-/m0/s1. The summed E-state index contributed by atoms with van der Waals surface area (Å²) in [7, 11) is -2.05. The van der Waals surface area contributed by atoms with E-state index in [4.69, 9.17) is 4.43 Å². The zero-order valence-corrected chi connectivity index (χ0v) is 21.8. The minimum Gasteiger partial charge on any atom is -0.531 e. The average molecular weight is 495 g/mol. The number of hydrogen-bond donors (Lipinski definition) is 0. The van der Waals surface area contributed by atoms with Gasteiger partial charge in [-0.2, -0.15) is 10.1 Å². The zero-order chi connectivity index (χ0) is 25.0. The number of rotatable bonds is 5. The number of anilines is 2. The number of aromatic nitrogens is 4. The molecule has 3 aromatic rings. The molecule has 0 aromatic carbocycles. The Kier molecular flexibility index (Phi) is 5.66. The molecule has 1 amide bonds. The molecule has 5 heterocycles. The first kappa shape index (κ1) is 23.5. The molecule has 0 aliphatic carbocycles. The van der Waals surface area contributed by atoms with Crippen molar-refractivity contribution in [3.8, 4) is 11.6 Å². The molecule has 0 N–H and O–H groups in total. The van der Waals surface area contributed by atoms with Gasteiger partial charge in [0.15, 0.2) is 0 Å². The van der Waals surface area contributed by atoms with E-state index < -0.39 is 14.5 Å². The predicted molar refractivity (Wildman–Crippen MR) is 136 cm³/mol. The van der Waals surface area contributed by atoms with E-state index in [0.29, 0.717) is 49.0 Å². The summed E-state index contributed by atoms with van der Waals surface area (Å²) in [6, 6.07) is 9.29. The van der Waals surface area contributed by atoms with Crippen molar-refractivity contribution < 1.29 is 13.6 Å². The summed E-state index contributed by atoms with van der Waals surface area (Å²) in [5, 5.41) is 4.68. The van der Waals surface area contributed by atoms with Crippen LogP contribution in [0.2, 0.25) is 18.1 Å². The Bertz CT molecular complexity index is 1250. The second-order valence-corrected chi connectivity index (χ2v) is 15.5. The van der Waals surface area contributed by atoms with E-state index in [1.54, 1.807) is 22.0 Å². The van der Waals surface area contributed by atoms with E-state index in [1.165, 1.54) is 0 Å². The maximum atomic E-state index is 13.5. The smallest absolute Gasteiger partial charge is 0.263 e. The van der Waals surface area contributed by atoms with Crippen LogP contribution in [0.4, 0.5) is 16.0 Å². The molecular weight excluding hydrogens is 463 g/mol. The van der Waals surface area contributed by atoms with E-state index in [2.05, 4.69) is 48.9 Å². The summed E-state index contributed by atoms with van der Waals surface area (Å²) in [6.45, 7) is 12.3. The number of carbonyl (C=O) groups excluding carboxylic acids is 1. The van der Waals surface area contributed by atoms with E-state index >= 15 is 0 Å². The molecule has 1 saturated heterocycles. The van der Waals surface area contributed by atoms with Gasteiger partial charge in [-0.1, -0.05) is 26.8 Å². The number of fused-ring (bicyclic) bond motifs is 1. The third-order valence-electron chi connectivity index (χ3n) is 7.18. The predicted octanol–water partition coefficient (Wildman–Crippen LogP) is 4.75. The second kappa shape index (κ2) is 8.44. The summed E-state index contributed by atoms with van der Waals surface area (Å²) in [6.07, 6.45) is 3.17. The van der Waals surface area contributed by atoms with Crippen LogP contribution < -0.4 is 14.2 Å². The lowest BCUT2D eigenvalue weighted by Gasteiger charge is -2.36. The highest BCUT2D eigenvalue weighted by molar-refractivity contribution is 6.74. The van der Waals surface area contributed by atoms with Crippen LogP contribution in [0.25, 0.3) is 5.69 Å². The Morgan fingerprint density at radius 3 is 2.57 bits per heavy atom. The zero-order valence-electron chi connectivity index (χ0n) is 20.8. The monoisotopic (exact) mass is 494 g/mol.